The van der Waals surface area contributed by atoms with Crippen molar-refractivity contribution in [2.24, 2.45) is 0 Å². The van der Waals surface area contributed by atoms with Crippen molar-refractivity contribution in [3.63, 3.8) is 0 Å². The van der Waals surface area contributed by atoms with Gasteiger partial charge < -0.3 is 5.32 Å². The summed E-state index contributed by atoms with van der Waals surface area (Å²) in [6.45, 7) is 3.22. The molecule has 0 saturated carbocycles. The van der Waals surface area contributed by atoms with Crippen LogP contribution in [0, 0.1) is 0 Å². The Bertz CT molecular complexity index is 528. The van der Waals surface area contributed by atoms with Crippen molar-refractivity contribution >= 4 is 0 Å². The van der Waals surface area contributed by atoms with E-state index in [1.807, 2.05) is 29.1 Å². The number of hydrogen-bond acceptors (Lipinski definition) is 3. The molecule has 106 valence electrons. The van der Waals surface area contributed by atoms with Crippen molar-refractivity contribution in [1.29, 1.82) is 0 Å². The van der Waals surface area contributed by atoms with Crippen LogP contribution < -0.4 is 5.32 Å². The second-order valence-corrected chi connectivity index (χ2v) is 5.54. The average Bonchev–Trinajstić information content (AvgIpc) is 2.97. The maximum Gasteiger partial charge on any atom is 0.0645 e. The third-order valence-electron chi connectivity index (χ3n) is 3.98. The predicted octanol–water partition coefficient (Wildman–Crippen LogP) is 2.06. The summed E-state index contributed by atoms with van der Waals surface area (Å²) in [6, 6.07) is 10.9. The summed E-state index contributed by atoms with van der Waals surface area (Å²) in [4.78, 5) is 2.43. The van der Waals surface area contributed by atoms with Crippen molar-refractivity contribution < 1.29 is 0 Å². The Hall–Kier alpha value is -1.65. The highest BCUT2D eigenvalue weighted by molar-refractivity contribution is 5.30. The first kappa shape index (κ1) is 13.3. The van der Waals surface area contributed by atoms with Crippen molar-refractivity contribution in [2.45, 2.75) is 25.4 Å². The Balaban J connectivity index is 1.65. The molecule has 1 fully saturated rings. The van der Waals surface area contributed by atoms with Gasteiger partial charge in [0.15, 0.2) is 0 Å². The number of benzene rings is 1. The number of likely N-dealkylation sites (N-methyl/N-ethyl adjacent to an activating group) is 1. The molecule has 1 atom stereocenters. The number of para-hydroxylation sites is 1. The van der Waals surface area contributed by atoms with Crippen LogP contribution in [0.4, 0.5) is 0 Å². The SMILES string of the molecule is CN(Cc1cnn(-c2ccccc2)c1)C1CCCNC1. The van der Waals surface area contributed by atoms with Crippen LogP contribution in [0.2, 0.25) is 0 Å². The van der Waals surface area contributed by atoms with Gasteiger partial charge in [-0.3, -0.25) is 4.90 Å². The second-order valence-electron chi connectivity index (χ2n) is 5.54. The molecule has 1 aromatic carbocycles. The molecule has 1 aliphatic rings. The molecule has 1 aliphatic heterocycles. The zero-order valence-electron chi connectivity index (χ0n) is 12.0. The van der Waals surface area contributed by atoms with Crippen LogP contribution in [-0.4, -0.2) is 40.9 Å². The summed E-state index contributed by atoms with van der Waals surface area (Å²) < 4.78 is 1.95. The van der Waals surface area contributed by atoms with E-state index < -0.39 is 0 Å². The number of nitrogens with one attached hydrogen (secondary N) is 1. The minimum Gasteiger partial charge on any atom is -0.315 e. The molecule has 2 heterocycles. The highest BCUT2D eigenvalue weighted by Gasteiger charge is 2.18. The maximum atomic E-state index is 4.46. The predicted molar refractivity (Wildman–Crippen MR) is 80.9 cm³/mol. The van der Waals surface area contributed by atoms with Crippen LogP contribution in [0.15, 0.2) is 42.7 Å². The van der Waals surface area contributed by atoms with Crippen LogP contribution in [0.1, 0.15) is 18.4 Å². The fraction of sp³-hybridized carbons (Fsp3) is 0.438. The summed E-state index contributed by atoms with van der Waals surface area (Å²) in [5.41, 5.74) is 2.38. The van der Waals surface area contributed by atoms with E-state index in [0.717, 1.165) is 25.3 Å². The third-order valence-corrected chi connectivity index (χ3v) is 3.98. The fourth-order valence-electron chi connectivity index (χ4n) is 2.79. The zero-order valence-corrected chi connectivity index (χ0v) is 12.0. The van der Waals surface area contributed by atoms with Crippen molar-refractivity contribution in [3.8, 4) is 5.69 Å². The summed E-state index contributed by atoms with van der Waals surface area (Å²) in [6.07, 6.45) is 6.66. The second kappa shape index (κ2) is 6.20. The van der Waals surface area contributed by atoms with Gasteiger partial charge in [-0.2, -0.15) is 5.10 Å². The third kappa shape index (κ3) is 3.08. The highest BCUT2D eigenvalue weighted by atomic mass is 15.3. The fourth-order valence-corrected chi connectivity index (χ4v) is 2.79. The van der Waals surface area contributed by atoms with Gasteiger partial charge in [0.05, 0.1) is 11.9 Å². The molecule has 0 bridgehead atoms. The van der Waals surface area contributed by atoms with Gasteiger partial charge in [-0.15, -0.1) is 0 Å². The normalized spacial score (nSPS) is 19.4. The number of hydrogen-bond donors (Lipinski definition) is 1. The molecule has 1 saturated heterocycles. The van der Waals surface area contributed by atoms with E-state index in [-0.39, 0.29) is 0 Å². The van der Waals surface area contributed by atoms with E-state index in [0.29, 0.717) is 6.04 Å². The van der Waals surface area contributed by atoms with Gasteiger partial charge in [0.2, 0.25) is 0 Å². The van der Waals surface area contributed by atoms with Gasteiger partial charge in [0.25, 0.3) is 0 Å². The Morgan fingerprint density at radius 1 is 1.35 bits per heavy atom. The molecule has 0 radical (unpaired) electrons. The number of nitrogens with zero attached hydrogens (tertiary/aromatic N) is 3. The average molecular weight is 270 g/mol. The van der Waals surface area contributed by atoms with Gasteiger partial charge in [-0.05, 0) is 38.6 Å². The molecule has 0 amide bonds. The van der Waals surface area contributed by atoms with E-state index in [9.17, 15) is 0 Å². The topological polar surface area (TPSA) is 33.1 Å². The minimum absolute atomic E-state index is 0.642. The van der Waals surface area contributed by atoms with E-state index in [1.165, 1.54) is 18.4 Å². The van der Waals surface area contributed by atoms with E-state index in [4.69, 9.17) is 0 Å². The van der Waals surface area contributed by atoms with Crippen LogP contribution >= 0.6 is 0 Å². The lowest BCUT2D eigenvalue weighted by Gasteiger charge is -2.31. The van der Waals surface area contributed by atoms with Gasteiger partial charge in [0.1, 0.15) is 0 Å². The molecule has 2 aromatic rings. The summed E-state index contributed by atoms with van der Waals surface area (Å²) in [7, 11) is 2.21. The zero-order chi connectivity index (χ0) is 13.8. The van der Waals surface area contributed by atoms with Crippen molar-refractivity contribution in [3.05, 3.63) is 48.3 Å². The molecule has 0 spiro atoms. The first-order chi connectivity index (χ1) is 9.83. The maximum absolute atomic E-state index is 4.46. The van der Waals surface area contributed by atoms with E-state index in [2.05, 4.69) is 40.7 Å². The summed E-state index contributed by atoms with van der Waals surface area (Å²) in [5.74, 6) is 0. The first-order valence-corrected chi connectivity index (χ1v) is 7.33. The molecule has 1 aromatic heterocycles. The van der Waals surface area contributed by atoms with Crippen LogP contribution in [0.3, 0.4) is 0 Å². The lowest BCUT2D eigenvalue weighted by molar-refractivity contribution is 0.196. The molecule has 1 unspecified atom stereocenters. The molecule has 3 rings (SSSR count). The summed E-state index contributed by atoms with van der Waals surface area (Å²) in [5, 5.41) is 7.93. The van der Waals surface area contributed by atoms with Gasteiger partial charge in [-0.25, -0.2) is 4.68 Å². The van der Waals surface area contributed by atoms with E-state index in [1.54, 1.807) is 0 Å². The number of piperidine rings is 1. The number of aromatic nitrogens is 2. The van der Waals surface area contributed by atoms with Crippen molar-refractivity contribution in [1.82, 2.24) is 20.0 Å². The lowest BCUT2D eigenvalue weighted by atomic mass is 10.1. The van der Waals surface area contributed by atoms with Gasteiger partial charge in [-0.1, -0.05) is 18.2 Å². The Labute approximate surface area is 120 Å². The molecular weight excluding hydrogens is 248 g/mol. The molecular formula is C16H22N4. The molecule has 0 aliphatic carbocycles. The smallest absolute Gasteiger partial charge is 0.0645 e. The van der Waals surface area contributed by atoms with Crippen molar-refractivity contribution in [2.75, 3.05) is 20.1 Å². The summed E-state index contributed by atoms with van der Waals surface area (Å²) >= 11 is 0. The Morgan fingerprint density at radius 2 is 2.20 bits per heavy atom. The van der Waals surface area contributed by atoms with Gasteiger partial charge in [0, 0.05) is 30.9 Å². The Kier molecular flexibility index (Phi) is 4.14. The van der Waals surface area contributed by atoms with Crippen LogP contribution in [-0.2, 0) is 6.54 Å². The number of rotatable bonds is 4. The molecule has 4 nitrogen and oxygen atoms in total. The monoisotopic (exact) mass is 270 g/mol. The van der Waals surface area contributed by atoms with Crippen LogP contribution in [0.25, 0.3) is 5.69 Å². The first-order valence-electron chi connectivity index (χ1n) is 7.33. The van der Waals surface area contributed by atoms with E-state index >= 15 is 0 Å². The highest BCUT2D eigenvalue weighted by Crippen LogP contribution is 2.13. The molecule has 20 heavy (non-hydrogen) atoms. The van der Waals surface area contributed by atoms with Crippen LogP contribution in [0.5, 0.6) is 0 Å². The largest absolute Gasteiger partial charge is 0.315 e. The minimum atomic E-state index is 0.642. The standard InChI is InChI=1S/C16H22N4/c1-19(16-8-5-9-17-11-16)12-14-10-18-20(13-14)15-6-3-2-4-7-15/h2-4,6-7,10,13,16-17H,5,8-9,11-12H2,1H3. The molecule has 4 heteroatoms. The molecule has 1 N–H and O–H groups in total. The Morgan fingerprint density at radius 3 is 2.95 bits per heavy atom. The van der Waals surface area contributed by atoms with Gasteiger partial charge >= 0.3 is 0 Å². The lowest BCUT2D eigenvalue weighted by Crippen LogP contribution is -2.43. The quantitative estimate of drug-likeness (QED) is 0.923.